The monoisotopic (exact) mass is 455 g/mol. The van der Waals surface area contributed by atoms with Gasteiger partial charge in [-0.3, -0.25) is 4.79 Å². The van der Waals surface area contributed by atoms with Crippen LogP contribution in [0.15, 0.2) is 53.4 Å². The van der Waals surface area contributed by atoms with Crippen molar-refractivity contribution in [1.29, 1.82) is 0 Å². The number of aliphatic hydroxyl groups excluding tert-OH is 1. The van der Waals surface area contributed by atoms with Crippen LogP contribution in [-0.4, -0.2) is 62.7 Å². The van der Waals surface area contributed by atoms with Crippen molar-refractivity contribution in [2.75, 3.05) is 31.1 Å². The van der Waals surface area contributed by atoms with Crippen LogP contribution in [0.1, 0.15) is 6.92 Å². The van der Waals surface area contributed by atoms with Crippen molar-refractivity contribution in [3.63, 3.8) is 0 Å². The third kappa shape index (κ3) is 5.28. The van der Waals surface area contributed by atoms with Gasteiger partial charge in [-0.25, -0.2) is 12.8 Å². The second-order valence-corrected chi connectivity index (χ2v) is 9.24. The molecular formula is C20H23ClFN3O4S. The number of amides is 1. The molecule has 0 spiro atoms. The number of anilines is 1. The van der Waals surface area contributed by atoms with Crippen LogP contribution < -0.4 is 9.62 Å². The molecule has 162 valence electrons. The van der Waals surface area contributed by atoms with E-state index in [4.69, 9.17) is 11.6 Å². The number of halogens is 2. The third-order valence-electron chi connectivity index (χ3n) is 4.92. The highest BCUT2D eigenvalue weighted by atomic mass is 35.5. The van der Waals surface area contributed by atoms with Crippen LogP contribution >= 0.6 is 11.6 Å². The summed E-state index contributed by atoms with van der Waals surface area (Å²) in [4.78, 5) is 16.4. The smallest absolute Gasteiger partial charge is 0.243 e. The van der Waals surface area contributed by atoms with Gasteiger partial charge in [-0.1, -0.05) is 17.7 Å². The Hall–Kier alpha value is -2.20. The highest BCUT2D eigenvalue weighted by Gasteiger charge is 2.34. The number of rotatable bonds is 6. The van der Waals surface area contributed by atoms with Gasteiger partial charge in [-0.05, 0) is 49.4 Å². The molecule has 1 heterocycles. The van der Waals surface area contributed by atoms with Crippen LogP contribution in [0, 0.1) is 5.82 Å². The lowest BCUT2D eigenvalue weighted by Crippen LogP contribution is -2.57. The molecule has 0 aromatic heterocycles. The molecular weight excluding hydrogens is 433 g/mol. The van der Waals surface area contributed by atoms with Gasteiger partial charge < -0.3 is 14.9 Å². The minimum absolute atomic E-state index is 0.187. The van der Waals surface area contributed by atoms with E-state index in [0.717, 1.165) is 30.0 Å². The second-order valence-electron chi connectivity index (χ2n) is 7.09. The third-order valence-corrected chi connectivity index (χ3v) is 6.61. The molecule has 0 radical (unpaired) electrons. The van der Waals surface area contributed by atoms with Gasteiger partial charge in [0.2, 0.25) is 15.9 Å². The molecule has 0 saturated carbocycles. The predicted molar refractivity (Wildman–Crippen MR) is 112 cm³/mol. The maximum absolute atomic E-state index is 13.1. The van der Waals surface area contributed by atoms with E-state index in [1.54, 1.807) is 6.07 Å². The number of piperazine rings is 1. The molecule has 2 N–H and O–H groups in total. The first-order valence-electron chi connectivity index (χ1n) is 9.42. The van der Waals surface area contributed by atoms with E-state index in [2.05, 4.69) is 9.62 Å². The average molecular weight is 456 g/mol. The van der Waals surface area contributed by atoms with Gasteiger partial charge in [0.15, 0.2) is 0 Å². The molecule has 0 bridgehead atoms. The van der Waals surface area contributed by atoms with E-state index in [1.165, 1.54) is 11.8 Å². The van der Waals surface area contributed by atoms with Crippen molar-refractivity contribution >= 4 is 33.2 Å². The standard InChI is InChI=1S/C20H23ClFN3O4S/c1-14(26)19(23-30(28,29)18-7-5-16(22)6-8-18)20(27)25-11-9-24(10-12-25)17-4-2-3-15(21)13-17/h2-8,13-14,19,23,26H,9-12H2,1H3/t14-,19-/m0/s1. The Bertz CT molecular complexity index is 993. The number of nitrogens with zero attached hydrogens (tertiary/aromatic N) is 2. The van der Waals surface area contributed by atoms with E-state index < -0.39 is 33.9 Å². The summed E-state index contributed by atoms with van der Waals surface area (Å²) in [7, 11) is -4.11. The number of benzene rings is 2. The predicted octanol–water partition coefficient (Wildman–Crippen LogP) is 1.86. The minimum atomic E-state index is -4.11. The zero-order chi connectivity index (χ0) is 21.9. The first-order chi connectivity index (χ1) is 14.2. The van der Waals surface area contributed by atoms with Crippen LogP contribution in [0.3, 0.4) is 0 Å². The Labute approximate surface area is 180 Å². The zero-order valence-corrected chi connectivity index (χ0v) is 17.9. The van der Waals surface area contributed by atoms with Gasteiger partial charge in [0.05, 0.1) is 11.0 Å². The van der Waals surface area contributed by atoms with Crippen LogP contribution in [-0.2, 0) is 14.8 Å². The molecule has 1 saturated heterocycles. The number of carbonyl (C=O) groups excluding carboxylic acids is 1. The zero-order valence-electron chi connectivity index (χ0n) is 16.3. The van der Waals surface area contributed by atoms with E-state index in [1.807, 2.05) is 18.2 Å². The number of carbonyl (C=O) groups is 1. The molecule has 2 atom stereocenters. The maximum atomic E-state index is 13.1. The molecule has 2 aromatic rings. The Balaban J connectivity index is 1.68. The Morgan fingerprint density at radius 1 is 1.13 bits per heavy atom. The van der Waals surface area contributed by atoms with Gasteiger partial charge >= 0.3 is 0 Å². The van der Waals surface area contributed by atoms with E-state index in [9.17, 15) is 22.7 Å². The number of sulfonamides is 1. The van der Waals surface area contributed by atoms with Crippen molar-refractivity contribution < 1.29 is 22.7 Å². The summed E-state index contributed by atoms with van der Waals surface area (Å²) < 4.78 is 40.5. The lowest BCUT2D eigenvalue weighted by atomic mass is 10.1. The highest BCUT2D eigenvalue weighted by Crippen LogP contribution is 2.21. The number of hydrogen-bond acceptors (Lipinski definition) is 5. The molecule has 3 rings (SSSR count). The van der Waals surface area contributed by atoms with Crippen LogP contribution in [0.5, 0.6) is 0 Å². The molecule has 1 aliphatic heterocycles. The second kappa shape index (κ2) is 9.30. The largest absolute Gasteiger partial charge is 0.391 e. The number of nitrogens with one attached hydrogen (secondary N) is 1. The molecule has 10 heteroatoms. The normalized spacial score (nSPS) is 16.9. The van der Waals surface area contributed by atoms with Gasteiger partial charge in [-0.15, -0.1) is 0 Å². The molecule has 0 unspecified atom stereocenters. The van der Waals surface area contributed by atoms with E-state index in [0.29, 0.717) is 31.2 Å². The quantitative estimate of drug-likeness (QED) is 0.694. The number of aliphatic hydroxyl groups is 1. The molecule has 2 aromatic carbocycles. The summed E-state index contributed by atoms with van der Waals surface area (Å²) in [5.74, 6) is -1.09. The van der Waals surface area contributed by atoms with Crippen molar-refractivity contribution in [2.24, 2.45) is 0 Å². The van der Waals surface area contributed by atoms with Crippen LogP contribution in [0.2, 0.25) is 5.02 Å². The van der Waals surface area contributed by atoms with E-state index in [-0.39, 0.29) is 4.90 Å². The molecule has 30 heavy (non-hydrogen) atoms. The van der Waals surface area contributed by atoms with Gasteiger partial charge in [0, 0.05) is 36.9 Å². The number of hydrogen-bond donors (Lipinski definition) is 2. The Kier molecular flexibility index (Phi) is 6.97. The molecule has 1 amide bonds. The summed E-state index contributed by atoms with van der Waals surface area (Å²) in [6.07, 6.45) is -1.25. The highest BCUT2D eigenvalue weighted by molar-refractivity contribution is 7.89. The van der Waals surface area contributed by atoms with Gasteiger partial charge in [0.25, 0.3) is 0 Å². The average Bonchev–Trinajstić information content (AvgIpc) is 2.72. The minimum Gasteiger partial charge on any atom is -0.391 e. The summed E-state index contributed by atoms with van der Waals surface area (Å²) in [5, 5.41) is 10.7. The molecule has 1 fully saturated rings. The fraction of sp³-hybridized carbons (Fsp3) is 0.350. The van der Waals surface area contributed by atoms with Crippen molar-refractivity contribution in [2.45, 2.75) is 24.0 Å². The first-order valence-corrected chi connectivity index (χ1v) is 11.3. The Morgan fingerprint density at radius 3 is 2.33 bits per heavy atom. The topological polar surface area (TPSA) is 89.9 Å². The Morgan fingerprint density at radius 2 is 1.77 bits per heavy atom. The summed E-state index contributed by atoms with van der Waals surface area (Å²) in [6, 6.07) is 10.3. The van der Waals surface area contributed by atoms with E-state index >= 15 is 0 Å². The summed E-state index contributed by atoms with van der Waals surface area (Å²) >= 11 is 6.04. The van der Waals surface area contributed by atoms with Gasteiger partial charge in [0.1, 0.15) is 11.9 Å². The molecule has 0 aliphatic carbocycles. The van der Waals surface area contributed by atoms with Crippen molar-refractivity contribution in [3.8, 4) is 0 Å². The fourth-order valence-corrected chi connectivity index (χ4v) is 4.71. The van der Waals surface area contributed by atoms with Crippen LogP contribution in [0.4, 0.5) is 10.1 Å². The lowest BCUT2D eigenvalue weighted by Gasteiger charge is -2.38. The first kappa shape index (κ1) is 22.5. The van der Waals surface area contributed by atoms with Crippen molar-refractivity contribution in [1.82, 2.24) is 9.62 Å². The maximum Gasteiger partial charge on any atom is 0.243 e. The molecule has 1 aliphatic rings. The van der Waals surface area contributed by atoms with Crippen LogP contribution in [0.25, 0.3) is 0 Å². The fourth-order valence-electron chi connectivity index (χ4n) is 3.26. The lowest BCUT2D eigenvalue weighted by molar-refractivity contribution is -0.135. The SMILES string of the molecule is C[C@H](O)[C@H](NS(=O)(=O)c1ccc(F)cc1)C(=O)N1CCN(c2cccc(Cl)c2)CC1. The molecule has 7 nitrogen and oxygen atoms in total. The van der Waals surface area contributed by atoms with Gasteiger partial charge in [-0.2, -0.15) is 4.72 Å². The summed E-state index contributed by atoms with van der Waals surface area (Å²) in [6.45, 7) is 3.17. The summed E-state index contributed by atoms with van der Waals surface area (Å²) in [5.41, 5.74) is 0.943. The van der Waals surface area contributed by atoms with Crippen molar-refractivity contribution in [3.05, 3.63) is 59.4 Å².